The summed E-state index contributed by atoms with van der Waals surface area (Å²) in [4.78, 5) is 11.5. The van der Waals surface area contributed by atoms with Crippen molar-refractivity contribution in [3.05, 3.63) is 54.1 Å². The van der Waals surface area contributed by atoms with E-state index in [-0.39, 0.29) is 5.91 Å². The zero-order valence-electron chi connectivity index (χ0n) is 11.1. The van der Waals surface area contributed by atoms with E-state index in [0.29, 0.717) is 5.69 Å². The van der Waals surface area contributed by atoms with Crippen LogP contribution in [0.5, 0.6) is 0 Å². The van der Waals surface area contributed by atoms with E-state index in [9.17, 15) is 18.0 Å². The first-order chi connectivity index (χ1) is 9.43. The molecule has 0 aliphatic carbocycles. The number of rotatable bonds is 5. The fourth-order valence-electron chi connectivity index (χ4n) is 1.41. The molecule has 5 heteroatoms. The van der Waals surface area contributed by atoms with Crippen LogP contribution in [0.25, 0.3) is 0 Å². The zero-order valence-corrected chi connectivity index (χ0v) is 11.1. The molecule has 2 nitrogen and oxygen atoms in total. The number of benzene rings is 1. The molecule has 20 heavy (non-hydrogen) atoms. The van der Waals surface area contributed by atoms with Gasteiger partial charge in [0.05, 0.1) is 5.56 Å². The molecule has 0 atom stereocenters. The van der Waals surface area contributed by atoms with Crippen molar-refractivity contribution in [2.45, 2.75) is 25.9 Å². The Balaban J connectivity index is 2.54. The van der Waals surface area contributed by atoms with Crippen LogP contribution in [0.15, 0.2) is 48.6 Å². The molecule has 1 N–H and O–H groups in total. The van der Waals surface area contributed by atoms with Crippen LogP contribution in [0.2, 0.25) is 0 Å². The van der Waals surface area contributed by atoms with Gasteiger partial charge in [-0.05, 0) is 30.7 Å². The van der Waals surface area contributed by atoms with Crippen LogP contribution in [-0.2, 0) is 11.0 Å². The highest BCUT2D eigenvalue weighted by Crippen LogP contribution is 2.29. The number of alkyl halides is 3. The van der Waals surface area contributed by atoms with E-state index in [0.717, 1.165) is 25.0 Å². The molecule has 0 aliphatic heterocycles. The lowest BCUT2D eigenvalue weighted by atomic mass is 10.2. The fourth-order valence-corrected chi connectivity index (χ4v) is 1.41. The number of carbonyl (C=O) groups is 1. The van der Waals surface area contributed by atoms with Gasteiger partial charge in [-0.25, -0.2) is 0 Å². The second-order valence-electron chi connectivity index (χ2n) is 4.14. The Morgan fingerprint density at radius 3 is 2.40 bits per heavy atom. The maximum atomic E-state index is 12.3. The summed E-state index contributed by atoms with van der Waals surface area (Å²) in [5.74, 6) is -0.383. The van der Waals surface area contributed by atoms with E-state index < -0.39 is 11.7 Å². The third-order valence-electron chi connectivity index (χ3n) is 2.43. The highest BCUT2D eigenvalue weighted by Gasteiger charge is 2.29. The quantitative estimate of drug-likeness (QED) is 0.623. The van der Waals surface area contributed by atoms with Gasteiger partial charge < -0.3 is 5.32 Å². The number of allylic oxidation sites excluding steroid dienone is 3. The van der Waals surface area contributed by atoms with Crippen molar-refractivity contribution in [3.63, 3.8) is 0 Å². The smallest absolute Gasteiger partial charge is 0.323 e. The molecule has 0 saturated carbocycles. The molecule has 0 saturated heterocycles. The monoisotopic (exact) mass is 283 g/mol. The van der Waals surface area contributed by atoms with E-state index in [4.69, 9.17) is 0 Å². The maximum Gasteiger partial charge on any atom is 0.416 e. The molecule has 1 amide bonds. The van der Waals surface area contributed by atoms with Crippen LogP contribution in [0.3, 0.4) is 0 Å². The normalized spacial score (nSPS) is 12.2. The van der Waals surface area contributed by atoms with Crippen molar-refractivity contribution < 1.29 is 18.0 Å². The zero-order chi connectivity index (χ0) is 15.0. The van der Waals surface area contributed by atoms with Crippen LogP contribution in [0.4, 0.5) is 18.9 Å². The predicted molar refractivity (Wildman–Crippen MR) is 73.3 cm³/mol. The minimum absolute atomic E-state index is 0.324. The summed E-state index contributed by atoms with van der Waals surface area (Å²) in [5, 5.41) is 2.48. The summed E-state index contributed by atoms with van der Waals surface area (Å²) in [6, 6.07) is 4.31. The van der Waals surface area contributed by atoms with Crippen molar-refractivity contribution in [3.8, 4) is 0 Å². The van der Waals surface area contributed by atoms with Gasteiger partial charge >= 0.3 is 6.18 Å². The molecule has 0 bridgehead atoms. The minimum atomic E-state index is -4.37. The van der Waals surface area contributed by atoms with Crippen molar-refractivity contribution in [1.29, 1.82) is 0 Å². The summed E-state index contributed by atoms with van der Waals surface area (Å²) in [6.45, 7) is 2.05. The molecule has 0 spiro atoms. The van der Waals surface area contributed by atoms with Gasteiger partial charge in [0.15, 0.2) is 0 Å². The van der Waals surface area contributed by atoms with Crippen molar-refractivity contribution in [2.75, 3.05) is 5.32 Å². The standard InChI is InChI=1S/C15H16F3NO/c1-2-3-4-5-6-7-14(20)19-13-10-8-12(9-11-13)15(16,17)18/h4-11H,2-3H2,1H3,(H,19,20)/b5-4+,7-6+. The lowest BCUT2D eigenvalue weighted by Crippen LogP contribution is -2.09. The van der Waals surface area contributed by atoms with Crippen LogP contribution in [-0.4, -0.2) is 5.91 Å². The lowest BCUT2D eigenvalue weighted by molar-refractivity contribution is -0.137. The molecule has 108 valence electrons. The Morgan fingerprint density at radius 1 is 1.20 bits per heavy atom. The number of unbranched alkanes of at least 4 members (excludes halogenated alkanes) is 1. The third kappa shape index (κ3) is 5.73. The Kier molecular flexibility index (Phi) is 6.03. The first kappa shape index (κ1) is 16.0. The average molecular weight is 283 g/mol. The molecule has 1 aromatic carbocycles. The minimum Gasteiger partial charge on any atom is -0.323 e. The second-order valence-corrected chi connectivity index (χ2v) is 4.14. The largest absolute Gasteiger partial charge is 0.416 e. The number of hydrogen-bond acceptors (Lipinski definition) is 1. The lowest BCUT2D eigenvalue weighted by Gasteiger charge is -2.07. The van der Waals surface area contributed by atoms with Crippen LogP contribution < -0.4 is 5.32 Å². The van der Waals surface area contributed by atoms with Gasteiger partial charge in [-0.15, -0.1) is 0 Å². The van der Waals surface area contributed by atoms with Gasteiger partial charge in [-0.3, -0.25) is 4.79 Å². The van der Waals surface area contributed by atoms with Crippen molar-refractivity contribution >= 4 is 11.6 Å². The van der Waals surface area contributed by atoms with Gasteiger partial charge in [0.25, 0.3) is 0 Å². The molecule has 0 radical (unpaired) electrons. The summed E-state index contributed by atoms with van der Waals surface area (Å²) >= 11 is 0. The van der Waals surface area contributed by atoms with Gasteiger partial charge in [-0.1, -0.05) is 31.6 Å². The number of halogens is 3. The molecule has 0 unspecified atom stereocenters. The molecule has 1 aromatic rings. The first-order valence-electron chi connectivity index (χ1n) is 6.25. The number of amides is 1. The highest BCUT2D eigenvalue weighted by atomic mass is 19.4. The molecule has 0 fully saturated rings. The number of hydrogen-bond donors (Lipinski definition) is 1. The second kappa shape index (κ2) is 7.53. The number of carbonyl (C=O) groups excluding carboxylic acids is 1. The van der Waals surface area contributed by atoms with E-state index >= 15 is 0 Å². The first-order valence-corrected chi connectivity index (χ1v) is 6.25. The third-order valence-corrected chi connectivity index (χ3v) is 2.43. The van der Waals surface area contributed by atoms with Crippen LogP contribution in [0.1, 0.15) is 25.3 Å². The Labute approximate surface area is 116 Å². The number of nitrogens with one attached hydrogen (secondary N) is 1. The summed E-state index contributed by atoms with van der Waals surface area (Å²) < 4.78 is 37.0. The summed E-state index contributed by atoms with van der Waals surface area (Å²) in [5.41, 5.74) is -0.418. The summed E-state index contributed by atoms with van der Waals surface area (Å²) in [6.07, 6.45) is 4.20. The highest BCUT2D eigenvalue weighted by molar-refractivity contribution is 5.99. The van der Waals surface area contributed by atoms with E-state index in [2.05, 4.69) is 5.32 Å². The van der Waals surface area contributed by atoms with Crippen LogP contribution >= 0.6 is 0 Å². The maximum absolute atomic E-state index is 12.3. The summed E-state index contributed by atoms with van der Waals surface area (Å²) in [7, 11) is 0. The average Bonchev–Trinajstić information content (AvgIpc) is 2.38. The molecular formula is C15H16F3NO. The Bertz CT molecular complexity index is 487. The van der Waals surface area contributed by atoms with E-state index in [1.165, 1.54) is 18.2 Å². The molecule has 0 heterocycles. The van der Waals surface area contributed by atoms with E-state index in [1.54, 1.807) is 12.2 Å². The van der Waals surface area contributed by atoms with Crippen LogP contribution in [0, 0.1) is 0 Å². The van der Waals surface area contributed by atoms with Crippen molar-refractivity contribution in [2.24, 2.45) is 0 Å². The van der Waals surface area contributed by atoms with Gasteiger partial charge in [0.2, 0.25) is 5.91 Å². The van der Waals surface area contributed by atoms with Gasteiger partial charge in [0.1, 0.15) is 0 Å². The molecule has 0 aromatic heterocycles. The van der Waals surface area contributed by atoms with Gasteiger partial charge in [0, 0.05) is 11.8 Å². The molecule has 1 rings (SSSR count). The number of anilines is 1. The topological polar surface area (TPSA) is 29.1 Å². The van der Waals surface area contributed by atoms with E-state index in [1.807, 2.05) is 13.0 Å². The molecule has 0 aliphatic rings. The van der Waals surface area contributed by atoms with Crippen molar-refractivity contribution in [1.82, 2.24) is 0 Å². The SMILES string of the molecule is CCC/C=C/C=C/C(=O)Nc1ccc(C(F)(F)F)cc1. The molecular weight excluding hydrogens is 267 g/mol. The Morgan fingerprint density at radius 2 is 1.85 bits per heavy atom. The Hall–Kier alpha value is -2.04. The van der Waals surface area contributed by atoms with Gasteiger partial charge in [-0.2, -0.15) is 13.2 Å². The predicted octanol–water partition coefficient (Wildman–Crippen LogP) is 4.56. The fraction of sp³-hybridized carbons (Fsp3) is 0.267.